The van der Waals surface area contributed by atoms with Gasteiger partial charge in [0.1, 0.15) is 0 Å². The van der Waals surface area contributed by atoms with E-state index in [0.717, 1.165) is 6.54 Å². The van der Waals surface area contributed by atoms with E-state index in [4.69, 9.17) is 14.5 Å². The standard InChI is InChI=1S/C15H22N2O2/c1-18-11-6-7-13(17-14(11)19-2)15-8-4-3-5-12(15)16-10-9-15/h6-7,12,16H,3-5,8-10H2,1-2H3/t12-,15+/m0/s1. The molecule has 19 heavy (non-hydrogen) atoms. The molecule has 104 valence electrons. The maximum Gasteiger partial charge on any atom is 0.256 e. The molecule has 0 spiro atoms. The summed E-state index contributed by atoms with van der Waals surface area (Å²) in [6, 6.07) is 4.68. The van der Waals surface area contributed by atoms with E-state index in [0.29, 0.717) is 17.7 Å². The SMILES string of the molecule is COc1ccc([C@@]23CCCC[C@@H]2NCC3)nc1OC. The molecular weight excluding hydrogens is 240 g/mol. The highest BCUT2D eigenvalue weighted by atomic mass is 16.5. The number of methoxy groups -OCH3 is 2. The van der Waals surface area contributed by atoms with Gasteiger partial charge in [-0.25, -0.2) is 4.98 Å². The van der Waals surface area contributed by atoms with Crippen molar-refractivity contribution in [3.63, 3.8) is 0 Å². The van der Waals surface area contributed by atoms with Gasteiger partial charge >= 0.3 is 0 Å². The Kier molecular flexibility index (Phi) is 3.35. The Hall–Kier alpha value is -1.29. The van der Waals surface area contributed by atoms with E-state index in [1.165, 1.54) is 37.8 Å². The number of rotatable bonds is 3. The number of nitrogens with one attached hydrogen (secondary N) is 1. The van der Waals surface area contributed by atoms with E-state index < -0.39 is 0 Å². The zero-order valence-electron chi connectivity index (χ0n) is 11.7. The predicted molar refractivity (Wildman–Crippen MR) is 73.9 cm³/mol. The van der Waals surface area contributed by atoms with Gasteiger partial charge in [-0.05, 0) is 37.9 Å². The Morgan fingerprint density at radius 2 is 2.11 bits per heavy atom. The lowest BCUT2D eigenvalue weighted by Crippen LogP contribution is -2.43. The quantitative estimate of drug-likeness (QED) is 0.907. The van der Waals surface area contributed by atoms with Crippen LogP contribution in [0, 0.1) is 0 Å². The molecule has 4 heteroatoms. The molecule has 2 aliphatic rings. The number of fused-ring (bicyclic) bond motifs is 1. The number of hydrogen-bond donors (Lipinski definition) is 1. The van der Waals surface area contributed by atoms with Crippen LogP contribution in [0.15, 0.2) is 12.1 Å². The Morgan fingerprint density at radius 1 is 1.21 bits per heavy atom. The number of aromatic nitrogens is 1. The monoisotopic (exact) mass is 262 g/mol. The molecule has 2 atom stereocenters. The zero-order valence-corrected chi connectivity index (χ0v) is 11.7. The molecule has 1 saturated heterocycles. The topological polar surface area (TPSA) is 43.4 Å². The van der Waals surface area contributed by atoms with Gasteiger partial charge < -0.3 is 14.8 Å². The second-order valence-electron chi connectivity index (χ2n) is 5.57. The van der Waals surface area contributed by atoms with Gasteiger partial charge in [0, 0.05) is 11.5 Å². The van der Waals surface area contributed by atoms with Crippen LogP contribution in [0.25, 0.3) is 0 Å². The first-order chi connectivity index (χ1) is 9.30. The molecular formula is C15H22N2O2. The van der Waals surface area contributed by atoms with E-state index in [1.54, 1.807) is 14.2 Å². The summed E-state index contributed by atoms with van der Waals surface area (Å²) in [5, 5.41) is 3.65. The van der Waals surface area contributed by atoms with Crippen LogP contribution in [0.5, 0.6) is 11.6 Å². The molecule has 1 aliphatic carbocycles. The first kappa shape index (κ1) is 12.7. The van der Waals surface area contributed by atoms with Crippen molar-refractivity contribution < 1.29 is 9.47 Å². The molecule has 2 heterocycles. The van der Waals surface area contributed by atoms with Crippen LogP contribution in [0.4, 0.5) is 0 Å². The summed E-state index contributed by atoms with van der Waals surface area (Å²) in [5.74, 6) is 1.31. The maximum atomic E-state index is 5.36. The molecule has 1 N–H and O–H groups in total. The third-order valence-corrected chi connectivity index (χ3v) is 4.74. The summed E-state index contributed by atoms with van der Waals surface area (Å²) in [6.07, 6.45) is 6.30. The van der Waals surface area contributed by atoms with E-state index >= 15 is 0 Å². The van der Waals surface area contributed by atoms with Gasteiger partial charge in [0.2, 0.25) is 0 Å². The van der Waals surface area contributed by atoms with Gasteiger partial charge in [-0.3, -0.25) is 0 Å². The van der Waals surface area contributed by atoms with Crippen LogP contribution in [0.2, 0.25) is 0 Å². The molecule has 3 rings (SSSR count). The van der Waals surface area contributed by atoms with Crippen LogP contribution in [-0.2, 0) is 5.41 Å². The second-order valence-corrected chi connectivity index (χ2v) is 5.57. The van der Waals surface area contributed by atoms with E-state index in [1.807, 2.05) is 6.07 Å². The largest absolute Gasteiger partial charge is 0.491 e. The zero-order chi connectivity index (χ0) is 13.3. The van der Waals surface area contributed by atoms with Crippen molar-refractivity contribution in [1.29, 1.82) is 0 Å². The molecule has 0 unspecified atom stereocenters. The normalized spacial score (nSPS) is 29.9. The third kappa shape index (κ3) is 1.98. The van der Waals surface area contributed by atoms with E-state index in [9.17, 15) is 0 Å². The van der Waals surface area contributed by atoms with Gasteiger partial charge in [0.25, 0.3) is 5.88 Å². The molecule has 2 fully saturated rings. The first-order valence-electron chi connectivity index (χ1n) is 7.13. The predicted octanol–water partition coefficient (Wildman–Crippen LogP) is 2.27. The lowest BCUT2D eigenvalue weighted by atomic mass is 9.68. The summed E-state index contributed by atoms with van der Waals surface area (Å²) >= 11 is 0. The van der Waals surface area contributed by atoms with Crippen molar-refractivity contribution >= 4 is 0 Å². The number of pyridine rings is 1. The average molecular weight is 262 g/mol. The van der Waals surface area contributed by atoms with Crippen molar-refractivity contribution in [2.24, 2.45) is 0 Å². The van der Waals surface area contributed by atoms with Crippen molar-refractivity contribution in [2.45, 2.75) is 43.6 Å². The van der Waals surface area contributed by atoms with Crippen LogP contribution >= 0.6 is 0 Å². The van der Waals surface area contributed by atoms with Crippen molar-refractivity contribution in [3.05, 3.63) is 17.8 Å². The Morgan fingerprint density at radius 3 is 2.89 bits per heavy atom. The minimum Gasteiger partial charge on any atom is -0.491 e. The first-order valence-corrected chi connectivity index (χ1v) is 7.13. The highest BCUT2D eigenvalue weighted by molar-refractivity contribution is 5.38. The van der Waals surface area contributed by atoms with Gasteiger partial charge in [-0.1, -0.05) is 12.8 Å². The Bertz CT molecular complexity index is 463. The second kappa shape index (κ2) is 5.00. The smallest absolute Gasteiger partial charge is 0.256 e. The molecule has 4 nitrogen and oxygen atoms in total. The minimum atomic E-state index is 0.206. The molecule has 0 aromatic carbocycles. The third-order valence-electron chi connectivity index (χ3n) is 4.74. The average Bonchev–Trinajstić information content (AvgIpc) is 2.91. The van der Waals surface area contributed by atoms with Crippen LogP contribution in [0.1, 0.15) is 37.8 Å². The maximum absolute atomic E-state index is 5.36. The lowest BCUT2D eigenvalue weighted by Gasteiger charge is -2.38. The fraction of sp³-hybridized carbons (Fsp3) is 0.667. The lowest BCUT2D eigenvalue weighted by molar-refractivity contribution is 0.256. The molecule has 1 aromatic rings. The van der Waals surface area contributed by atoms with Crippen LogP contribution < -0.4 is 14.8 Å². The van der Waals surface area contributed by atoms with E-state index in [-0.39, 0.29) is 5.41 Å². The Balaban J connectivity index is 2.00. The fourth-order valence-corrected chi connectivity index (χ4v) is 3.75. The molecule has 0 amide bonds. The number of nitrogens with zero attached hydrogens (tertiary/aromatic N) is 1. The molecule has 0 radical (unpaired) electrons. The molecule has 0 bridgehead atoms. The summed E-state index contributed by atoms with van der Waals surface area (Å²) < 4.78 is 10.6. The van der Waals surface area contributed by atoms with Crippen LogP contribution in [-0.4, -0.2) is 31.8 Å². The number of ether oxygens (including phenoxy) is 2. The fourth-order valence-electron chi connectivity index (χ4n) is 3.75. The van der Waals surface area contributed by atoms with E-state index in [2.05, 4.69) is 11.4 Å². The van der Waals surface area contributed by atoms with Gasteiger partial charge in [0.15, 0.2) is 5.75 Å². The highest BCUT2D eigenvalue weighted by Gasteiger charge is 2.46. The Labute approximate surface area is 114 Å². The summed E-state index contributed by atoms with van der Waals surface area (Å²) in [6.45, 7) is 1.10. The van der Waals surface area contributed by atoms with Gasteiger partial charge in [-0.15, -0.1) is 0 Å². The number of hydrogen-bond acceptors (Lipinski definition) is 4. The minimum absolute atomic E-state index is 0.206. The summed E-state index contributed by atoms with van der Waals surface area (Å²) in [4.78, 5) is 4.73. The molecule has 1 aliphatic heterocycles. The molecule has 1 saturated carbocycles. The molecule has 1 aromatic heterocycles. The van der Waals surface area contributed by atoms with Crippen molar-refractivity contribution in [1.82, 2.24) is 10.3 Å². The highest BCUT2D eigenvalue weighted by Crippen LogP contribution is 2.45. The summed E-state index contributed by atoms with van der Waals surface area (Å²) in [7, 11) is 3.30. The van der Waals surface area contributed by atoms with Crippen molar-refractivity contribution in [3.8, 4) is 11.6 Å². The van der Waals surface area contributed by atoms with Crippen molar-refractivity contribution in [2.75, 3.05) is 20.8 Å². The van der Waals surface area contributed by atoms with Gasteiger partial charge in [-0.2, -0.15) is 0 Å². The van der Waals surface area contributed by atoms with Gasteiger partial charge in [0.05, 0.1) is 19.9 Å². The summed E-state index contributed by atoms with van der Waals surface area (Å²) in [5.41, 5.74) is 1.37. The van der Waals surface area contributed by atoms with Crippen LogP contribution in [0.3, 0.4) is 0 Å².